The molecule has 0 radical (unpaired) electrons. The van der Waals surface area contributed by atoms with E-state index < -0.39 is 6.10 Å². The van der Waals surface area contributed by atoms with Crippen LogP contribution in [0.4, 0.5) is 5.69 Å². The number of benzene rings is 1. The SMILES string of the molecule is CCNC(=O)c1ccc(Cl)cc1NC(=O)[C@@H]1CC[C@H](CN)O1.Cl. The topological polar surface area (TPSA) is 93.5 Å². The molecule has 128 valence electrons. The summed E-state index contributed by atoms with van der Waals surface area (Å²) < 4.78 is 5.55. The van der Waals surface area contributed by atoms with Gasteiger partial charge in [-0.3, -0.25) is 9.59 Å². The Morgan fingerprint density at radius 1 is 1.39 bits per heavy atom. The third kappa shape index (κ3) is 5.07. The first kappa shape index (κ1) is 19.7. The second kappa shape index (κ2) is 9.08. The second-order valence-corrected chi connectivity index (χ2v) is 5.53. The molecule has 1 aromatic carbocycles. The highest BCUT2D eigenvalue weighted by Crippen LogP contribution is 2.24. The quantitative estimate of drug-likeness (QED) is 0.747. The highest BCUT2D eigenvalue weighted by molar-refractivity contribution is 6.31. The molecule has 6 nitrogen and oxygen atoms in total. The number of carbonyl (C=O) groups is 2. The van der Waals surface area contributed by atoms with Gasteiger partial charge in [0.2, 0.25) is 0 Å². The molecule has 2 atom stereocenters. The molecule has 0 unspecified atom stereocenters. The zero-order chi connectivity index (χ0) is 16.1. The maximum Gasteiger partial charge on any atom is 0.253 e. The van der Waals surface area contributed by atoms with Gasteiger partial charge in [-0.2, -0.15) is 0 Å². The lowest BCUT2D eigenvalue weighted by atomic mass is 10.1. The molecule has 1 saturated heterocycles. The second-order valence-electron chi connectivity index (χ2n) is 5.10. The number of amides is 2. The predicted octanol–water partition coefficient (Wildman–Crippen LogP) is 1.96. The van der Waals surface area contributed by atoms with Crippen LogP contribution in [0.25, 0.3) is 0 Å². The molecule has 0 aromatic heterocycles. The zero-order valence-electron chi connectivity index (χ0n) is 12.8. The first-order chi connectivity index (χ1) is 10.5. The smallest absolute Gasteiger partial charge is 0.253 e. The fraction of sp³-hybridized carbons (Fsp3) is 0.467. The summed E-state index contributed by atoms with van der Waals surface area (Å²) >= 11 is 5.96. The van der Waals surface area contributed by atoms with Crippen LogP contribution in [0.3, 0.4) is 0 Å². The lowest BCUT2D eigenvalue weighted by Crippen LogP contribution is -2.31. The van der Waals surface area contributed by atoms with Crippen LogP contribution in [0.5, 0.6) is 0 Å². The van der Waals surface area contributed by atoms with E-state index in [1.165, 1.54) is 0 Å². The molecule has 8 heteroatoms. The van der Waals surface area contributed by atoms with Crippen molar-refractivity contribution in [3.8, 4) is 0 Å². The Morgan fingerprint density at radius 3 is 2.74 bits per heavy atom. The lowest BCUT2D eigenvalue weighted by Gasteiger charge is -2.15. The van der Waals surface area contributed by atoms with E-state index in [-0.39, 0.29) is 30.3 Å². The van der Waals surface area contributed by atoms with E-state index in [1.807, 2.05) is 6.92 Å². The van der Waals surface area contributed by atoms with Crippen molar-refractivity contribution in [2.45, 2.75) is 32.0 Å². The molecule has 1 aliphatic rings. The van der Waals surface area contributed by atoms with Gasteiger partial charge in [0.25, 0.3) is 11.8 Å². The fourth-order valence-electron chi connectivity index (χ4n) is 2.36. The average Bonchev–Trinajstić information content (AvgIpc) is 2.96. The maximum absolute atomic E-state index is 12.3. The van der Waals surface area contributed by atoms with Crippen LogP contribution in [0.1, 0.15) is 30.1 Å². The Morgan fingerprint density at radius 2 is 2.13 bits per heavy atom. The highest BCUT2D eigenvalue weighted by Gasteiger charge is 2.30. The molecule has 1 aliphatic heterocycles. The number of nitrogens with two attached hydrogens (primary N) is 1. The Balaban J connectivity index is 0.00000264. The average molecular weight is 362 g/mol. The number of rotatable bonds is 5. The van der Waals surface area contributed by atoms with E-state index >= 15 is 0 Å². The molecule has 4 N–H and O–H groups in total. The summed E-state index contributed by atoms with van der Waals surface area (Å²) in [6, 6.07) is 4.75. The minimum absolute atomic E-state index is 0. The van der Waals surface area contributed by atoms with Gasteiger partial charge >= 0.3 is 0 Å². The van der Waals surface area contributed by atoms with Crippen molar-refractivity contribution in [1.82, 2.24) is 5.32 Å². The van der Waals surface area contributed by atoms with E-state index in [2.05, 4.69) is 10.6 Å². The molecule has 0 saturated carbocycles. The standard InChI is InChI=1S/C15H20ClN3O3.ClH/c1-2-18-14(20)11-5-3-9(16)7-12(11)19-15(21)13-6-4-10(8-17)22-13;/h3,5,7,10,13H,2,4,6,8,17H2,1H3,(H,18,20)(H,19,21);1H/t10-,13+;/m1./s1. The van der Waals surface area contributed by atoms with Gasteiger partial charge in [-0.15, -0.1) is 12.4 Å². The van der Waals surface area contributed by atoms with E-state index in [9.17, 15) is 9.59 Å². The van der Waals surface area contributed by atoms with Crippen molar-refractivity contribution in [3.05, 3.63) is 28.8 Å². The van der Waals surface area contributed by atoms with E-state index in [0.717, 1.165) is 6.42 Å². The molecular weight excluding hydrogens is 341 g/mol. The minimum Gasteiger partial charge on any atom is -0.364 e. The van der Waals surface area contributed by atoms with Crippen LogP contribution in [0.15, 0.2) is 18.2 Å². The van der Waals surface area contributed by atoms with Crippen LogP contribution in [-0.2, 0) is 9.53 Å². The van der Waals surface area contributed by atoms with Crippen LogP contribution in [0.2, 0.25) is 5.02 Å². The summed E-state index contributed by atoms with van der Waals surface area (Å²) in [6.45, 7) is 2.72. The third-order valence-corrected chi connectivity index (χ3v) is 3.72. The third-order valence-electron chi connectivity index (χ3n) is 3.48. The van der Waals surface area contributed by atoms with Crippen molar-refractivity contribution in [2.24, 2.45) is 5.73 Å². The van der Waals surface area contributed by atoms with Gasteiger partial charge in [-0.25, -0.2) is 0 Å². The van der Waals surface area contributed by atoms with Crippen molar-refractivity contribution in [3.63, 3.8) is 0 Å². The van der Waals surface area contributed by atoms with Gasteiger partial charge in [0.1, 0.15) is 6.10 Å². The number of hydrogen-bond acceptors (Lipinski definition) is 4. The first-order valence-electron chi connectivity index (χ1n) is 7.29. The van der Waals surface area contributed by atoms with Crippen molar-refractivity contribution >= 4 is 41.5 Å². The van der Waals surface area contributed by atoms with Gasteiger partial charge in [0, 0.05) is 18.1 Å². The number of anilines is 1. The van der Waals surface area contributed by atoms with Gasteiger partial charge in [-0.05, 0) is 38.0 Å². The summed E-state index contributed by atoms with van der Waals surface area (Å²) in [5, 5.41) is 5.87. The van der Waals surface area contributed by atoms with Crippen LogP contribution in [0, 0.1) is 0 Å². The van der Waals surface area contributed by atoms with Gasteiger partial charge in [0.15, 0.2) is 0 Å². The predicted molar refractivity (Wildman–Crippen MR) is 92.3 cm³/mol. The van der Waals surface area contributed by atoms with Crippen LogP contribution in [-0.4, -0.2) is 37.1 Å². The Hall–Kier alpha value is -1.34. The van der Waals surface area contributed by atoms with E-state index in [0.29, 0.717) is 35.8 Å². The molecular formula is C15H21Cl2N3O3. The normalized spacial score (nSPS) is 19.8. The molecule has 0 bridgehead atoms. The zero-order valence-corrected chi connectivity index (χ0v) is 14.4. The summed E-state index contributed by atoms with van der Waals surface area (Å²) in [6.07, 6.45) is 0.741. The van der Waals surface area contributed by atoms with Gasteiger partial charge in [-0.1, -0.05) is 11.6 Å². The number of hydrogen-bond donors (Lipinski definition) is 3. The molecule has 0 aliphatic carbocycles. The Bertz CT molecular complexity index is 569. The van der Waals surface area contributed by atoms with Gasteiger partial charge < -0.3 is 21.1 Å². The number of ether oxygens (including phenoxy) is 1. The summed E-state index contributed by atoms with van der Waals surface area (Å²) in [7, 11) is 0. The molecule has 1 aromatic rings. The summed E-state index contributed by atoms with van der Waals surface area (Å²) in [4.78, 5) is 24.3. The number of halogens is 2. The molecule has 1 heterocycles. The molecule has 0 spiro atoms. The summed E-state index contributed by atoms with van der Waals surface area (Å²) in [5.74, 6) is -0.551. The van der Waals surface area contributed by atoms with Crippen LogP contribution >= 0.6 is 24.0 Å². The monoisotopic (exact) mass is 361 g/mol. The lowest BCUT2D eigenvalue weighted by molar-refractivity contribution is -0.126. The highest BCUT2D eigenvalue weighted by atomic mass is 35.5. The Labute approximate surface area is 146 Å². The van der Waals surface area contributed by atoms with E-state index in [4.69, 9.17) is 22.1 Å². The maximum atomic E-state index is 12.3. The first-order valence-corrected chi connectivity index (χ1v) is 7.67. The number of carbonyl (C=O) groups excluding carboxylic acids is 2. The van der Waals surface area contributed by atoms with E-state index in [1.54, 1.807) is 18.2 Å². The molecule has 23 heavy (non-hydrogen) atoms. The molecule has 2 rings (SSSR count). The molecule has 1 fully saturated rings. The van der Waals surface area contributed by atoms with Gasteiger partial charge in [0.05, 0.1) is 17.4 Å². The summed E-state index contributed by atoms with van der Waals surface area (Å²) in [5.41, 5.74) is 6.29. The fourth-order valence-corrected chi connectivity index (χ4v) is 2.53. The van der Waals surface area contributed by atoms with Crippen molar-refractivity contribution in [2.75, 3.05) is 18.4 Å². The van der Waals surface area contributed by atoms with Crippen molar-refractivity contribution < 1.29 is 14.3 Å². The molecule has 2 amide bonds. The van der Waals surface area contributed by atoms with Crippen molar-refractivity contribution in [1.29, 1.82) is 0 Å². The number of nitrogens with one attached hydrogen (secondary N) is 2. The largest absolute Gasteiger partial charge is 0.364 e. The minimum atomic E-state index is -0.547. The van der Waals surface area contributed by atoms with Crippen LogP contribution < -0.4 is 16.4 Å². The Kier molecular flexibility index (Phi) is 7.78.